The predicted octanol–water partition coefficient (Wildman–Crippen LogP) is 3.24. The van der Waals surface area contributed by atoms with Crippen molar-refractivity contribution in [2.75, 3.05) is 6.54 Å². The number of hydrogen-bond acceptors (Lipinski definition) is 8. The lowest BCUT2D eigenvalue weighted by molar-refractivity contribution is -0.142. The summed E-state index contributed by atoms with van der Waals surface area (Å²) >= 11 is 0. The number of sulfonamides is 1. The fraction of sp³-hybridized carbons (Fsp3) is 0.611. The second kappa shape index (κ2) is 10.8. The normalized spacial score (nSPS) is 29.9. The van der Waals surface area contributed by atoms with Gasteiger partial charge in [-0.15, -0.1) is 6.58 Å². The monoisotopic (exact) mass is 690 g/mol. The number of amides is 4. The summed E-state index contributed by atoms with van der Waals surface area (Å²) in [5.74, 6) is -2.62. The number of hydrogen-bond donors (Lipinski definition) is 3. The van der Waals surface area contributed by atoms with Crippen molar-refractivity contribution in [2.24, 2.45) is 27.6 Å². The summed E-state index contributed by atoms with van der Waals surface area (Å²) < 4.78 is 27.6. The molecule has 0 aromatic carbocycles. The number of fused-ring (bicyclic) bond motifs is 2. The number of aromatic nitrogens is 2. The maximum atomic E-state index is 14.8. The van der Waals surface area contributed by atoms with E-state index in [9.17, 15) is 27.6 Å². The first kappa shape index (κ1) is 33.6. The van der Waals surface area contributed by atoms with Crippen molar-refractivity contribution >= 4 is 44.6 Å². The molecule has 2 aromatic rings. The van der Waals surface area contributed by atoms with Crippen molar-refractivity contribution in [2.45, 2.75) is 102 Å². The summed E-state index contributed by atoms with van der Waals surface area (Å²) in [5, 5.41) is 6.03. The smallest absolute Gasteiger partial charge is 0.270 e. The van der Waals surface area contributed by atoms with Gasteiger partial charge in [0, 0.05) is 35.7 Å². The SMILES string of the molecule is C=C[C@@H]1C[C@]1(NC(=O)[C@@H]1C[C@@]2(CN1C(=O)[C@@H](NC(=O)c1ccc3cnccc3n1)C(C)(C)C)C(C)(C)C21CCC1)C(=O)NS(=O)(=O)C1CC1. The largest absolute Gasteiger partial charge is 0.339 e. The van der Waals surface area contributed by atoms with Crippen LogP contribution in [0.4, 0.5) is 0 Å². The van der Waals surface area contributed by atoms with Crippen LogP contribution in [0.5, 0.6) is 0 Å². The number of carbonyl (C=O) groups is 4. The minimum Gasteiger partial charge on any atom is -0.339 e. The lowest BCUT2D eigenvalue weighted by atomic mass is 9.73. The van der Waals surface area contributed by atoms with Gasteiger partial charge in [0.2, 0.25) is 21.8 Å². The third-order valence-electron chi connectivity index (χ3n) is 12.8. The van der Waals surface area contributed by atoms with Gasteiger partial charge in [0.25, 0.3) is 11.8 Å². The molecule has 49 heavy (non-hydrogen) atoms. The van der Waals surface area contributed by atoms with E-state index in [1.165, 1.54) is 0 Å². The molecule has 7 rings (SSSR count). The van der Waals surface area contributed by atoms with Crippen LogP contribution in [0.3, 0.4) is 0 Å². The lowest BCUT2D eigenvalue weighted by Crippen LogP contribution is -2.60. The van der Waals surface area contributed by atoms with Crippen LogP contribution in [0.1, 0.15) is 90.1 Å². The summed E-state index contributed by atoms with van der Waals surface area (Å²) in [4.78, 5) is 66.5. The van der Waals surface area contributed by atoms with Crippen LogP contribution in [0, 0.1) is 27.6 Å². The quantitative estimate of drug-likeness (QED) is 0.337. The molecule has 1 aliphatic heterocycles. The molecule has 1 saturated heterocycles. The number of nitrogens with zero attached hydrogens (tertiary/aromatic N) is 3. The molecule has 3 heterocycles. The van der Waals surface area contributed by atoms with Gasteiger partial charge in [0.15, 0.2) is 0 Å². The maximum Gasteiger partial charge on any atom is 0.270 e. The molecule has 0 radical (unpaired) electrons. The molecule has 2 spiro atoms. The van der Waals surface area contributed by atoms with E-state index >= 15 is 0 Å². The Morgan fingerprint density at radius 2 is 1.78 bits per heavy atom. The molecule has 5 aliphatic rings. The van der Waals surface area contributed by atoms with Crippen LogP contribution in [0.15, 0.2) is 43.2 Å². The van der Waals surface area contributed by atoms with E-state index in [0.29, 0.717) is 31.3 Å². The second-order valence-electron chi connectivity index (χ2n) is 16.5. The maximum absolute atomic E-state index is 14.8. The minimum atomic E-state index is -3.85. The Labute approximate surface area is 287 Å². The zero-order chi connectivity index (χ0) is 35.4. The van der Waals surface area contributed by atoms with Crippen molar-refractivity contribution in [1.82, 2.24) is 30.2 Å². The molecule has 4 aliphatic carbocycles. The van der Waals surface area contributed by atoms with Crippen LogP contribution in [0.2, 0.25) is 0 Å². The van der Waals surface area contributed by atoms with Crippen molar-refractivity contribution < 1.29 is 27.6 Å². The molecular formula is C36H46N6O6S. The van der Waals surface area contributed by atoms with Crippen molar-refractivity contribution in [3.63, 3.8) is 0 Å². The fourth-order valence-corrected chi connectivity index (χ4v) is 10.6. The van der Waals surface area contributed by atoms with Gasteiger partial charge < -0.3 is 15.5 Å². The van der Waals surface area contributed by atoms with E-state index in [2.05, 4.69) is 45.8 Å². The van der Waals surface area contributed by atoms with Crippen LogP contribution >= 0.6 is 0 Å². The van der Waals surface area contributed by atoms with E-state index in [1.54, 1.807) is 41.6 Å². The van der Waals surface area contributed by atoms with E-state index < -0.39 is 62.0 Å². The lowest BCUT2D eigenvalue weighted by Gasteiger charge is -2.36. The van der Waals surface area contributed by atoms with Crippen LogP contribution in [-0.4, -0.2) is 76.3 Å². The highest BCUT2D eigenvalue weighted by molar-refractivity contribution is 7.91. The Kier molecular flexibility index (Phi) is 7.42. The first-order chi connectivity index (χ1) is 22.9. The van der Waals surface area contributed by atoms with Crippen molar-refractivity contribution in [1.29, 1.82) is 0 Å². The highest BCUT2D eigenvalue weighted by Gasteiger charge is 2.85. The summed E-state index contributed by atoms with van der Waals surface area (Å²) in [6.45, 7) is 14.2. The standard InChI is InChI=1S/C36H46N6O6S/c1-7-22-17-36(22,31(46)41-49(47,48)23-10-11-23)40-29(44)26-18-35(33(5,6)34(35)14-8-15-34)20-42(26)30(45)27(32(2,3)4)39-28(43)25-12-9-21-19-37-16-13-24(21)38-25/h7,9,12-13,16,19,22-23,26-27H,1,8,10-11,14-15,17-18,20H2,2-6H3,(H,39,43)(H,40,44)(H,41,46)/t22-,26+,27-,35-,36-/m1/s1. The van der Waals surface area contributed by atoms with E-state index in [0.717, 1.165) is 24.6 Å². The molecule has 0 bridgehead atoms. The van der Waals surface area contributed by atoms with Gasteiger partial charge in [-0.1, -0.05) is 47.1 Å². The van der Waals surface area contributed by atoms with E-state index in [-0.39, 0.29) is 34.3 Å². The number of carbonyl (C=O) groups excluding carboxylic acids is 4. The molecule has 3 N–H and O–H groups in total. The average molecular weight is 691 g/mol. The van der Waals surface area contributed by atoms with Gasteiger partial charge in [-0.3, -0.25) is 28.9 Å². The zero-order valence-corrected chi connectivity index (χ0v) is 29.7. The summed E-state index contributed by atoms with van der Waals surface area (Å²) in [5.41, 5.74) is -1.86. The Balaban J connectivity index is 1.18. The molecular weight excluding hydrogens is 644 g/mol. The van der Waals surface area contributed by atoms with Crippen LogP contribution < -0.4 is 15.4 Å². The molecule has 5 atom stereocenters. The third-order valence-corrected chi connectivity index (χ3v) is 14.6. The van der Waals surface area contributed by atoms with Crippen LogP contribution in [-0.2, 0) is 24.4 Å². The van der Waals surface area contributed by atoms with Gasteiger partial charge in [-0.2, -0.15) is 0 Å². The number of nitrogens with one attached hydrogen (secondary N) is 3. The Morgan fingerprint density at radius 1 is 1.06 bits per heavy atom. The second-order valence-corrected chi connectivity index (χ2v) is 18.5. The highest BCUT2D eigenvalue weighted by atomic mass is 32.2. The summed E-state index contributed by atoms with van der Waals surface area (Å²) in [7, 11) is -3.85. The van der Waals surface area contributed by atoms with Gasteiger partial charge in [0.05, 0.1) is 10.8 Å². The minimum absolute atomic E-state index is 0.00848. The number of likely N-dealkylation sites (tertiary alicyclic amines) is 1. The molecule has 2 aromatic heterocycles. The van der Waals surface area contributed by atoms with Gasteiger partial charge >= 0.3 is 0 Å². The predicted molar refractivity (Wildman–Crippen MR) is 182 cm³/mol. The number of pyridine rings is 2. The van der Waals surface area contributed by atoms with Crippen LogP contribution in [0.25, 0.3) is 10.9 Å². The first-order valence-electron chi connectivity index (χ1n) is 17.3. The van der Waals surface area contributed by atoms with Gasteiger partial charge in [-0.05, 0) is 73.0 Å². The third kappa shape index (κ3) is 5.00. The van der Waals surface area contributed by atoms with Gasteiger partial charge in [0.1, 0.15) is 23.3 Å². The summed E-state index contributed by atoms with van der Waals surface area (Å²) in [6.07, 6.45) is 9.55. The topological polar surface area (TPSA) is 168 Å². The molecule has 12 nitrogen and oxygen atoms in total. The molecule has 0 unspecified atom stereocenters. The van der Waals surface area contributed by atoms with E-state index in [1.807, 2.05) is 20.8 Å². The Morgan fingerprint density at radius 3 is 2.35 bits per heavy atom. The first-order valence-corrected chi connectivity index (χ1v) is 18.8. The summed E-state index contributed by atoms with van der Waals surface area (Å²) in [6, 6.07) is 3.14. The average Bonchev–Trinajstić information content (AvgIpc) is 3.96. The van der Waals surface area contributed by atoms with E-state index in [4.69, 9.17) is 0 Å². The number of rotatable bonds is 9. The molecule has 5 fully saturated rings. The highest BCUT2D eigenvalue weighted by Crippen LogP contribution is 2.88. The molecule has 13 heteroatoms. The zero-order valence-electron chi connectivity index (χ0n) is 28.8. The Hall–Kier alpha value is -3.87. The fourth-order valence-electron chi connectivity index (χ4n) is 9.19. The Bertz CT molecular complexity index is 1900. The molecule has 4 saturated carbocycles. The molecule has 262 valence electrons. The van der Waals surface area contributed by atoms with Crippen molar-refractivity contribution in [3.05, 3.63) is 48.9 Å². The van der Waals surface area contributed by atoms with Gasteiger partial charge in [-0.25, -0.2) is 13.4 Å². The molecule has 4 amide bonds. The van der Waals surface area contributed by atoms with Crippen molar-refractivity contribution in [3.8, 4) is 0 Å².